The zero-order valence-corrected chi connectivity index (χ0v) is 19.3. The van der Waals surface area contributed by atoms with E-state index in [2.05, 4.69) is 52.2 Å². The summed E-state index contributed by atoms with van der Waals surface area (Å²) in [6.45, 7) is 12.6. The van der Waals surface area contributed by atoms with Gasteiger partial charge in [0.05, 0.1) is 7.11 Å². The monoisotopic (exact) mass is 410 g/mol. The molecule has 2 aromatic rings. The van der Waals surface area contributed by atoms with Crippen molar-refractivity contribution in [2.24, 2.45) is 0 Å². The maximum atomic E-state index is 13.3. The van der Waals surface area contributed by atoms with Gasteiger partial charge in [0.25, 0.3) is 5.91 Å². The second kappa shape index (κ2) is 8.90. The first-order valence-electron chi connectivity index (χ1n) is 10.2. The molecule has 2 aromatic carbocycles. The standard InChI is InChI=1S/C25H34N2O3/c1-24(2,3)18-14-17(15-19(21(18)30-8)25(4,5)6)22(28)27-20(23(29)26-7)16-12-10-9-11-13-16/h9-15,20H,1-8H3,(H,26,29)(H,27,28)/t20-/m1/s1. The molecule has 5 heteroatoms. The van der Waals surface area contributed by atoms with Crippen molar-refractivity contribution >= 4 is 11.8 Å². The van der Waals surface area contributed by atoms with Gasteiger partial charge in [0.15, 0.2) is 0 Å². The topological polar surface area (TPSA) is 67.4 Å². The Morgan fingerprint density at radius 1 is 0.900 bits per heavy atom. The second-order valence-corrected chi connectivity index (χ2v) is 9.54. The lowest BCUT2D eigenvalue weighted by molar-refractivity contribution is -0.122. The van der Waals surface area contributed by atoms with Crippen LogP contribution in [0.25, 0.3) is 0 Å². The highest BCUT2D eigenvalue weighted by Gasteiger charge is 2.30. The quantitative estimate of drug-likeness (QED) is 0.762. The molecule has 0 aliphatic heterocycles. The van der Waals surface area contributed by atoms with Crippen molar-refractivity contribution in [1.29, 1.82) is 0 Å². The summed E-state index contributed by atoms with van der Waals surface area (Å²) in [5, 5.41) is 5.54. The van der Waals surface area contributed by atoms with E-state index in [0.29, 0.717) is 5.56 Å². The number of nitrogens with one attached hydrogen (secondary N) is 2. The van der Waals surface area contributed by atoms with E-state index in [9.17, 15) is 9.59 Å². The first kappa shape index (κ1) is 23.5. The fourth-order valence-corrected chi connectivity index (χ4v) is 3.40. The number of carbonyl (C=O) groups excluding carboxylic acids is 2. The molecular weight excluding hydrogens is 376 g/mol. The summed E-state index contributed by atoms with van der Waals surface area (Å²) in [5.41, 5.74) is 2.71. The Morgan fingerprint density at radius 3 is 1.80 bits per heavy atom. The van der Waals surface area contributed by atoms with Gasteiger partial charge in [-0.2, -0.15) is 0 Å². The van der Waals surface area contributed by atoms with E-state index in [-0.39, 0.29) is 22.6 Å². The number of carbonyl (C=O) groups is 2. The Balaban J connectivity index is 2.56. The highest BCUT2D eigenvalue weighted by molar-refractivity contribution is 5.98. The molecular formula is C25H34N2O3. The minimum Gasteiger partial charge on any atom is -0.496 e. The zero-order chi connectivity index (χ0) is 22.7. The van der Waals surface area contributed by atoms with Gasteiger partial charge in [0.2, 0.25) is 5.91 Å². The Bertz CT molecular complexity index is 871. The fourth-order valence-electron chi connectivity index (χ4n) is 3.40. The minimum atomic E-state index is -0.776. The van der Waals surface area contributed by atoms with E-state index < -0.39 is 6.04 Å². The van der Waals surface area contributed by atoms with Gasteiger partial charge in [0.1, 0.15) is 11.8 Å². The number of ether oxygens (including phenoxy) is 1. The van der Waals surface area contributed by atoms with Gasteiger partial charge in [0, 0.05) is 23.7 Å². The number of rotatable bonds is 5. The normalized spacial score (nSPS) is 12.8. The molecule has 5 nitrogen and oxygen atoms in total. The van der Waals surface area contributed by atoms with Crippen LogP contribution in [0.5, 0.6) is 5.75 Å². The van der Waals surface area contributed by atoms with E-state index in [1.165, 1.54) is 0 Å². The Hall–Kier alpha value is -2.82. The first-order valence-corrected chi connectivity index (χ1v) is 10.2. The third-order valence-electron chi connectivity index (χ3n) is 5.09. The number of benzene rings is 2. The molecule has 2 amide bonds. The predicted molar refractivity (Wildman–Crippen MR) is 121 cm³/mol. The third-order valence-corrected chi connectivity index (χ3v) is 5.09. The molecule has 0 saturated heterocycles. The summed E-state index contributed by atoms with van der Waals surface area (Å²) < 4.78 is 5.77. The molecule has 0 fully saturated rings. The summed E-state index contributed by atoms with van der Waals surface area (Å²) in [7, 11) is 3.23. The van der Waals surface area contributed by atoms with Crippen molar-refractivity contribution in [2.45, 2.75) is 58.4 Å². The fraction of sp³-hybridized carbons (Fsp3) is 0.440. The van der Waals surface area contributed by atoms with E-state index in [1.54, 1.807) is 14.2 Å². The number of hydrogen-bond acceptors (Lipinski definition) is 3. The van der Waals surface area contributed by atoms with Gasteiger partial charge in [-0.1, -0.05) is 71.9 Å². The summed E-state index contributed by atoms with van der Waals surface area (Å²) in [6, 6.07) is 12.2. The van der Waals surface area contributed by atoms with Gasteiger partial charge in [-0.3, -0.25) is 9.59 Å². The van der Waals surface area contributed by atoms with Crippen LogP contribution in [0.1, 0.15) is 74.6 Å². The summed E-state index contributed by atoms with van der Waals surface area (Å²) in [6.07, 6.45) is 0. The molecule has 0 saturated carbocycles. The SMILES string of the molecule is CNC(=O)[C@H](NC(=O)c1cc(C(C)(C)C)c(OC)c(C(C)(C)C)c1)c1ccccc1. The van der Waals surface area contributed by atoms with E-state index in [4.69, 9.17) is 4.74 Å². The van der Waals surface area contributed by atoms with Crippen LogP contribution in [0.3, 0.4) is 0 Å². The molecule has 162 valence electrons. The molecule has 2 N–H and O–H groups in total. The van der Waals surface area contributed by atoms with Crippen molar-refractivity contribution < 1.29 is 14.3 Å². The number of likely N-dealkylation sites (N-methyl/N-ethyl adjacent to an activating group) is 1. The van der Waals surface area contributed by atoms with Gasteiger partial charge >= 0.3 is 0 Å². The highest BCUT2D eigenvalue weighted by Crippen LogP contribution is 2.40. The van der Waals surface area contributed by atoms with Gasteiger partial charge in [-0.15, -0.1) is 0 Å². The summed E-state index contributed by atoms with van der Waals surface area (Å²) in [5.74, 6) is 0.235. The third kappa shape index (κ3) is 5.21. The van der Waals surface area contributed by atoms with Crippen LogP contribution in [-0.4, -0.2) is 26.0 Å². The Labute approximate surface area is 180 Å². The molecule has 0 aliphatic rings. The van der Waals surface area contributed by atoms with Crippen molar-refractivity contribution in [2.75, 3.05) is 14.2 Å². The Kier molecular flexibility index (Phi) is 6.96. The van der Waals surface area contributed by atoms with Crippen molar-refractivity contribution in [3.63, 3.8) is 0 Å². The molecule has 0 bridgehead atoms. The molecule has 0 aliphatic carbocycles. The zero-order valence-electron chi connectivity index (χ0n) is 19.3. The number of hydrogen-bond donors (Lipinski definition) is 2. The number of methoxy groups -OCH3 is 1. The molecule has 0 radical (unpaired) electrons. The summed E-state index contributed by atoms with van der Waals surface area (Å²) >= 11 is 0. The smallest absolute Gasteiger partial charge is 0.252 e. The molecule has 0 unspecified atom stereocenters. The maximum absolute atomic E-state index is 13.3. The van der Waals surface area contributed by atoms with Crippen LogP contribution >= 0.6 is 0 Å². The lowest BCUT2D eigenvalue weighted by Gasteiger charge is -2.30. The van der Waals surface area contributed by atoms with Gasteiger partial charge in [-0.25, -0.2) is 0 Å². The first-order chi connectivity index (χ1) is 13.9. The molecule has 0 aromatic heterocycles. The second-order valence-electron chi connectivity index (χ2n) is 9.54. The maximum Gasteiger partial charge on any atom is 0.252 e. The van der Waals surface area contributed by atoms with Crippen LogP contribution < -0.4 is 15.4 Å². The molecule has 0 spiro atoms. The highest BCUT2D eigenvalue weighted by atomic mass is 16.5. The van der Waals surface area contributed by atoms with Crippen LogP contribution in [0.15, 0.2) is 42.5 Å². The van der Waals surface area contributed by atoms with Crippen molar-refractivity contribution in [3.05, 3.63) is 64.7 Å². The predicted octanol–water partition coefficient (Wildman–Crippen LogP) is 4.51. The minimum absolute atomic E-state index is 0.221. The van der Waals surface area contributed by atoms with E-state index in [0.717, 1.165) is 22.4 Å². The van der Waals surface area contributed by atoms with Crippen molar-refractivity contribution in [1.82, 2.24) is 10.6 Å². The average Bonchev–Trinajstić information content (AvgIpc) is 2.69. The summed E-state index contributed by atoms with van der Waals surface area (Å²) in [4.78, 5) is 25.8. The van der Waals surface area contributed by atoms with Gasteiger partial charge < -0.3 is 15.4 Å². The van der Waals surface area contributed by atoms with Gasteiger partial charge in [-0.05, 0) is 28.5 Å². The van der Waals surface area contributed by atoms with Crippen LogP contribution in [-0.2, 0) is 15.6 Å². The average molecular weight is 411 g/mol. The van der Waals surface area contributed by atoms with E-state index in [1.807, 2.05) is 42.5 Å². The number of amides is 2. The lowest BCUT2D eigenvalue weighted by Crippen LogP contribution is -2.39. The molecule has 30 heavy (non-hydrogen) atoms. The van der Waals surface area contributed by atoms with Crippen LogP contribution in [0.4, 0.5) is 0 Å². The van der Waals surface area contributed by atoms with E-state index >= 15 is 0 Å². The molecule has 0 heterocycles. The molecule has 2 rings (SSSR count). The Morgan fingerprint density at radius 2 is 1.40 bits per heavy atom. The van der Waals surface area contributed by atoms with Crippen LogP contribution in [0.2, 0.25) is 0 Å². The molecule has 1 atom stereocenters. The van der Waals surface area contributed by atoms with Crippen LogP contribution in [0, 0.1) is 0 Å². The van der Waals surface area contributed by atoms with Crippen molar-refractivity contribution in [3.8, 4) is 5.75 Å². The largest absolute Gasteiger partial charge is 0.496 e. The lowest BCUT2D eigenvalue weighted by atomic mass is 9.78.